The van der Waals surface area contributed by atoms with Gasteiger partial charge >= 0.3 is 5.97 Å². The van der Waals surface area contributed by atoms with Crippen LogP contribution in [0.25, 0.3) is 0 Å². The molecular weight excluding hydrogens is 346 g/mol. The first-order chi connectivity index (χ1) is 9.40. The number of nitrogens with one attached hydrogen (secondary N) is 1. The van der Waals surface area contributed by atoms with Gasteiger partial charge in [-0.15, -0.1) is 0 Å². The second-order valence-corrected chi connectivity index (χ2v) is 6.46. The van der Waals surface area contributed by atoms with Crippen LogP contribution in [0.3, 0.4) is 0 Å². The molecule has 2 aromatic carbocycles. The molecule has 2 rings (SSSR count). The van der Waals surface area contributed by atoms with Gasteiger partial charge in [0.1, 0.15) is 0 Å². The van der Waals surface area contributed by atoms with Gasteiger partial charge < -0.3 is 5.11 Å². The molecule has 0 aliphatic heterocycles. The highest BCUT2D eigenvalue weighted by molar-refractivity contribution is 9.10. The second-order valence-electron chi connectivity index (χ2n) is 3.92. The third-order valence-corrected chi connectivity index (χ3v) is 4.55. The second kappa shape index (κ2) is 5.64. The first-order valence-corrected chi connectivity index (χ1v) is 7.78. The molecule has 0 aliphatic rings. The van der Waals surface area contributed by atoms with Crippen molar-refractivity contribution in [3.63, 3.8) is 0 Å². The molecule has 0 aliphatic carbocycles. The van der Waals surface area contributed by atoms with Gasteiger partial charge in [-0.3, -0.25) is 4.72 Å². The van der Waals surface area contributed by atoms with Crippen LogP contribution in [-0.2, 0) is 10.0 Å². The average molecular weight is 356 g/mol. The number of carboxylic acid groups (broad SMARTS) is 1. The van der Waals surface area contributed by atoms with Gasteiger partial charge in [-0.05, 0) is 46.3 Å². The van der Waals surface area contributed by atoms with E-state index in [2.05, 4.69) is 20.7 Å². The average Bonchev–Trinajstić information content (AvgIpc) is 2.41. The Balaban J connectivity index is 2.33. The van der Waals surface area contributed by atoms with E-state index in [1.54, 1.807) is 18.2 Å². The number of hydrogen-bond acceptors (Lipinski definition) is 3. The fourth-order valence-corrected chi connectivity index (χ4v) is 3.24. The van der Waals surface area contributed by atoms with Crippen molar-refractivity contribution in [2.24, 2.45) is 0 Å². The molecule has 5 nitrogen and oxygen atoms in total. The fourth-order valence-electron chi connectivity index (χ4n) is 1.53. The molecule has 2 aromatic rings. The van der Waals surface area contributed by atoms with Crippen LogP contribution < -0.4 is 4.72 Å². The first-order valence-electron chi connectivity index (χ1n) is 5.51. The van der Waals surface area contributed by atoms with E-state index in [1.165, 1.54) is 30.3 Å². The molecule has 0 amide bonds. The predicted octanol–water partition coefficient (Wildman–Crippen LogP) is 2.95. The predicted molar refractivity (Wildman–Crippen MR) is 78.4 cm³/mol. The normalized spacial score (nSPS) is 11.1. The van der Waals surface area contributed by atoms with Crippen molar-refractivity contribution in [3.8, 4) is 0 Å². The minimum absolute atomic E-state index is 0.0690. The topological polar surface area (TPSA) is 83.5 Å². The van der Waals surface area contributed by atoms with Gasteiger partial charge in [0.15, 0.2) is 0 Å². The number of sulfonamides is 1. The number of anilines is 1. The summed E-state index contributed by atoms with van der Waals surface area (Å²) in [5.41, 5.74) is 0.346. The molecule has 2 N–H and O–H groups in total. The summed E-state index contributed by atoms with van der Waals surface area (Å²) in [7, 11) is -3.70. The van der Waals surface area contributed by atoms with Crippen molar-refractivity contribution in [2.45, 2.75) is 4.90 Å². The quantitative estimate of drug-likeness (QED) is 0.882. The number of carboxylic acids is 1. The van der Waals surface area contributed by atoms with Gasteiger partial charge in [-0.1, -0.05) is 18.2 Å². The third-order valence-electron chi connectivity index (χ3n) is 2.51. The summed E-state index contributed by atoms with van der Waals surface area (Å²) in [6.45, 7) is 0. The van der Waals surface area contributed by atoms with Crippen LogP contribution in [0, 0.1) is 0 Å². The molecule has 0 unspecified atom stereocenters. The summed E-state index contributed by atoms with van der Waals surface area (Å²) in [5, 5.41) is 8.85. The molecule has 20 heavy (non-hydrogen) atoms. The van der Waals surface area contributed by atoms with Gasteiger partial charge in [0.25, 0.3) is 10.0 Å². The smallest absolute Gasteiger partial charge is 0.335 e. The molecule has 0 radical (unpaired) electrons. The molecular formula is C13H10BrNO4S. The monoisotopic (exact) mass is 355 g/mol. The van der Waals surface area contributed by atoms with Crippen molar-refractivity contribution in [3.05, 3.63) is 58.6 Å². The Morgan fingerprint density at radius 3 is 2.30 bits per heavy atom. The molecule has 104 valence electrons. The molecule has 0 saturated heterocycles. The Kier molecular flexibility index (Phi) is 4.10. The van der Waals surface area contributed by atoms with Crippen LogP contribution in [0.4, 0.5) is 5.69 Å². The van der Waals surface area contributed by atoms with Crippen LogP contribution in [0.15, 0.2) is 57.9 Å². The van der Waals surface area contributed by atoms with E-state index in [9.17, 15) is 13.2 Å². The molecule has 0 fully saturated rings. The summed E-state index contributed by atoms with van der Waals surface area (Å²) in [4.78, 5) is 10.9. The Hall–Kier alpha value is -1.86. The van der Waals surface area contributed by atoms with E-state index in [0.717, 1.165) is 0 Å². The van der Waals surface area contributed by atoms with E-state index in [1.807, 2.05) is 0 Å². The van der Waals surface area contributed by atoms with Crippen LogP contribution in [0.2, 0.25) is 0 Å². The maximum atomic E-state index is 12.1. The summed E-state index contributed by atoms with van der Waals surface area (Å²) < 4.78 is 27.0. The number of carbonyl (C=O) groups is 1. The third kappa shape index (κ3) is 3.17. The minimum atomic E-state index is -3.70. The van der Waals surface area contributed by atoms with Crippen LogP contribution >= 0.6 is 15.9 Å². The van der Waals surface area contributed by atoms with E-state index >= 15 is 0 Å². The highest BCUT2D eigenvalue weighted by Crippen LogP contribution is 2.26. The highest BCUT2D eigenvalue weighted by Gasteiger charge is 2.15. The Morgan fingerprint density at radius 1 is 1.10 bits per heavy atom. The van der Waals surface area contributed by atoms with Gasteiger partial charge in [-0.25, -0.2) is 13.2 Å². The summed E-state index contributed by atoms with van der Waals surface area (Å²) in [6, 6.07) is 12.0. The van der Waals surface area contributed by atoms with Gasteiger partial charge in [0, 0.05) is 4.47 Å². The van der Waals surface area contributed by atoms with Crippen LogP contribution in [0.1, 0.15) is 10.4 Å². The maximum absolute atomic E-state index is 12.1. The summed E-state index contributed by atoms with van der Waals surface area (Å²) >= 11 is 3.15. The zero-order chi connectivity index (χ0) is 14.8. The number of hydrogen-bond donors (Lipinski definition) is 2. The van der Waals surface area contributed by atoms with Gasteiger partial charge in [0.2, 0.25) is 0 Å². The SMILES string of the molecule is O=C(O)c1ccc(NS(=O)(=O)c2ccccc2)c(Br)c1. The molecule has 0 saturated carbocycles. The maximum Gasteiger partial charge on any atom is 0.335 e. The Labute approximate surface area is 124 Å². The van der Waals surface area contributed by atoms with Crippen molar-refractivity contribution in [2.75, 3.05) is 4.72 Å². The standard InChI is InChI=1S/C13H10BrNO4S/c14-11-8-9(13(16)17)6-7-12(11)15-20(18,19)10-4-2-1-3-5-10/h1-8,15H,(H,16,17). The summed E-state index contributed by atoms with van der Waals surface area (Å²) in [5.74, 6) is -1.08. The lowest BCUT2D eigenvalue weighted by molar-refractivity contribution is 0.0697. The Morgan fingerprint density at radius 2 is 1.75 bits per heavy atom. The highest BCUT2D eigenvalue weighted by atomic mass is 79.9. The number of rotatable bonds is 4. The van der Waals surface area contributed by atoms with Crippen molar-refractivity contribution < 1.29 is 18.3 Å². The molecule has 0 aromatic heterocycles. The lowest BCUT2D eigenvalue weighted by Gasteiger charge is -2.10. The number of benzene rings is 2. The zero-order valence-electron chi connectivity index (χ0n) is 10.1. The van der Waals surface area contributed by atoms with E-state index < -0.39 is 16.0 Å². The first kappa shape index (κ1) is 14.5. The van der Waals surface area contributed by atoms with Crippen molar-refractivity contribution >= 4 is 37.6 Å². The Bertz CT molecular complexity index is 744. The molecule has 7 heteroatoms. The van der Waals surface area contributed by atoms with Crippen molar-refractivity contribution in [1.29, 1.82) is 0 Å². The summed E-state index contributed by atoms with van der Waals surface area (Å²) in [6.07, 6.45) is 0. The van der Waals surface area contributed by atoms with Gasteiger partial charge in [0.05, 0.1) is 16.1 Å². The zero-order valence-corrected chi connectivity index (χ0v) is 12.5. The van der Waals surface area contributed by atoms with Crippen LogP contribution in [-0.4, -0.2) is 19.5 Å². The number of halogens is 1. The lowest BCUT2D eigenvalue weighted by Crippen LogP contribution is -2.13. The lowest BCUT2D eigenvalue weighted by atomic mass is 10.2. The molecule has 0 spiro atoms. The van der Waals surface area contributed by atoms with Crippen LogP contribution in [0.5, 0.6) is 0 Å². The minimum Gasteiger partial charge on any atom is -0.478 e. The molecule has 0 heterocycles. The van der Waals surface area contributed by atoms with E-state index in [-0.39, 0.29) is 16.1 Å². The fraction of sp³-hybridized carbons (Fsp3) is 0. The van der Waals surface area contributed by atoms with Gasteiger partial charge in [-0.2, -0.15) is 0 Å². The number of aromatic carboxylic acids is 1. The largest absolute Gasteiger partial charge is 0.478 e. The van der Waals surface area contributed by atoms with Crippen molar-refractivity contribution in [1.82, 2.24) is 0 Å². The molecule has 0 atom stereocenters. The van der Waals surface area contributed by atoms with E-state index in [4.69, 9.17) is 5.11 Å². The van der Waals surface area contributed by atoms with E-state index in [0.29, 0.717) is 4.47 Å². The molecule has 0 bridgehead atoms.